The van der Waals surface area contributed by atoms with Gasteiger partial charge in [-0.3, -0.25) is 19.2 Å². The number of nitrogens with one attached hydrogen (secondary N) is 4. The largest absolute Gasteiger partial charge is 0.341 e. The van der Waals surface area contributed by atoms with Gasteiger partial charge in [0.05, 0.1) is 11.4 Å². The second-order valence-electron chi connectivity index (χ2n) is 10.1. The van der Waals surface area contributed by atoms with Gasteiger partial charge < -0.3 is 21.3 Å². The van der Waals surface area contributed by atoms with E-state index in [2.05, 4.69) is 21.3 Å². The van der Waals surface area contributed by atoms with Crippen LogP contribution in [-0.4, -0.2) is 34.7 Å². The summed E-state index contributed by atoms with van der Waals surface area (Å²) in [5.74, 6) is -2.44. The van der Waals surface area contributed by atoms with Crippen molar-refractivity contribution in [1.82, 2.24) is 10.6 Å². The first-order valence-corrected chi connectivity index (χ1v) is 12.0. The highest BCUT2D eigenvalue weighted by atomic mass is 16.2. The van der Waals surface area contributed by atoms with Gasteiger partial charge in [-0.05, 0) is 51.0 Å². The molecule has 0 atom stereocenters. The zero-order chi connectivity index (χ0) is 26.8. The van der Waals surface area contributed by atoms with E-state index in [1.807, 2.05) is 0 Å². The molecule has 8 nitrogen and oxygen atoms in total. The number of amides is 4. The fourth-order valence-corrected chi connectivity index (χ4v) is 4.30. The van der Waals surface area contributed by atoms with Crippen molar-refractivity contribution in [2.75, 3.05) is 10.6 Å². The van der Waals surface area contributed by atoms with Crippen LogP contribution in [-0.2, 0) is 24.6 Å². The number of carbonyl (C=O) groups is 4. The number of benzene rings is 3. The summed E-state index contributed by atoms with van der Waals surface area (Å²) in [7, 11) is 0. The molecule has 4 N–H and O–H groups in total. The van der Waals surface area contributed by atoms with Crippen molar-refractivity contribution in [3.05, 3.63) is 96.1 Å². The minimum Gasteiger partial charge on any atom is -0.341 e. The van der Waals surface area contributed by atoms with Crippen molar-refractivity contribution in [2.45, 2.75) is 44.2 Å². The van der Waals surface area contributed by atoms with Crippen LogP contribution < -0.4 is 21.3 Å². The molecule has 0 aromatic heterocycles. The SMILES string of the molecule is CC1(C)NC(=O)C(c2ccccc2)(c2ccccc2)C(=O)NC(C)(C)C(=O)Nc2ccccc2NC1=O. The monoisotopic (exact) mass is 498 g/mol. The van der Waals surface area contributed by atoms with Gasteiger partial charge in [0.25, 0.3) is 0 Å². The minimum absolute atomic E-state index is 0.363. The maximum Gasteiger partial charge on any atom is 0.249 e. The van der Waals surface area contributed by atoms with Crippen LogP contribution in [0.15, 0.2) is 84.9 Å². The van der Waals surface area contributed by atoms with Gasteiger partial charge in [0.2, 0.25) is 23.6 Å². The maximum atomic E-state index is 14.3. The second-order valence-corrected chi connectivity index (χ2v) is 10.1. The van der Waals surface area contributed by atoms with Gasteiger partial charge in [-0.1, -0.05) is 72.8 Å². The fourth-order valence-electron chi connectivity index (χ4n) is 4.30. The first-order valence-electron chi connectivity index (χ1n) is 12.0. The molecule has 0 unspecified atom stereocenters. The number of hydrogen-bond donors (Lipinski definition) is 4. The Labute approximate surface area is 215 Å². The third kappa shape index (κ3) is 4.70. The normalized spacial score (nSPS) is 18.9. The molecule has 3 aromatic rings. The molecule has 0 radical (unpaired) electrons. The topological polar surface area (TPSA) is 116 Å². The van der Waals surface area contributed by atoms with Gasteiger partial charge in [0.15, 0.2) is 5.41 Å². The Bertz CT molecular complexity index is 1250. The Balaban J connectivity index is 1.97. The molecule has 0 bridgehead atoms. The molecule has 1 heterocycles. The average molecular weight is 499 g/mol. The van der Waals surface area contributed by atoms with Crippen LogP contribution in [0.1, 0.15) is 38.8 Å². The molecule has 3 aromatic carbocycles. The lowest BCUT2D eigenvalue weighted by Gasteiger charge is -2.37. The lowest BCUT2D eigenvalue weighted by molar-refractivity contribution is -0.141. The van der Waals surface area contributed by atoms with Crippen molar-refractivity contribution in [3.8, 4) is 0 Å². The van der Waals surface area contributed by atoms with E-state index in [0.717, 1.165) is 0 Å². The average Bonchev–Trinajstić information content (AvgIpc) is 2.86. The van der Waals surface area contributed by atoms with Crippen LogP contribution in [0.2, 0.25) is 0 Å². The third-order valence-electron chi connectivity index (χ3n) is 6.51. The predicted molar refractivity (Wildman–Crippen MR) is 142 cm³/mol. The first kappa shape index (κ1) is 25.6. The molecule has 8 heteroatoms. The summed E-state index contributed by atoms with van der Waals surface area (Å²) in [6.07, 6.45) is 0. The molecule has 0 saturated heterocycles. The standard InChI is InChI=1S/C29H30N4O4/c1-27(2)23(34)30-21-17-11-12-18-22(21)31-24(35)28(3,4)33-26(37)29(25(36)32-27,19-13-7-5-8-14-19)20-15-9-6-10-16-20/h5-18H,1-4H3,(H,30,34)(H,31,35)(H,32,36)(H,33,37). The van der Waals surface area contributed by atoms with Crippen molar-refractivity contribution in [1.29, 1.82) is 0 Å². The number of anilines is 2. The summed E-state index contributed by atoms with van der Waals surface area (Å²) in [5.41, 5.74) is -3.24. The zero-order valence-corrected chi connectivity index (χ0v) is 21.2. The molecule has 37 heavy (non-hydrogen) atoms. The summed E-state index contributed by atoms with van der Waals surface area (Å²) in [6.45, 7) is 6.24. The highest BCUT2D eigenvalue weighted by Gasteiger charge is 2.53. The van der Waals surface area contributed by atoms with Crippen molar-refractivity contribution >= 4 is 35.0 Å². The summed E-state index contributed by atoms with van der Waals surface area (Å²) in [4.78, 5) is 55.4. The van der Waals surface area contributed by atoms with Crippen molar-refractivity contribution in [2.24, 2.45) is 0 Å². The summed E-state index contributed by atoms with van der Waals surface area (Å²) in [5, 5.41) is 11.2. The summed E-state index contributed by atoms with van der Waals surface area (Å²) < 4.78 is 0. The highest BCUT2D eigenvalue weighted by Crippen LogP contribution is 2.35. The molecule has 190 valence electrons. The Morgan fingerprint density at radius 2 is 0.784 bits per heavy atom. The van der Waals surface area contributed by atoms with Gasteiger partial charge in [0, 0.05) is 0 Å². The summed E-state index contributed by atoms with van der Waals surface area (Å²) >= 11 is 0. The van der Waals surface area contributed by atoms with Gasteiger partial charge in [-0.15, -0.1) is 0 Å². The van der Waals surface area contributed by atoms with Crippen molar-refractivity contribution in [3.63, 3.8) is 0 Å². The smallest absolute Gasteiger partial charge is 0.249 e. The van der Waals surface area contributed by atoms with E-state index in [-0.39, 0.29) is 0 Å². The van der Waals surface area contributed by atoms with Crippen LogP contribution in [0, 0.1) is 0 Å². The van der Waals surface area contributed by atoms with E-state index in [4.69, 9.17) is 0 Å². The van der Waals surface area contributed by atoms with Gasteiger partial charge in [-0.25, -0.2) is 0 Å². The zero-order valence-electron chi connectivity index (χ0n) is 21.2. The van der Waals surface area contributed by atoms with Crippen molar-refractivity contribution < 1.29 is 19.2 Å². The van der Waals surface area contributed by atoms with E-state index < -0.39 is 40.1 Å². The van der Waals surface area contributed by atoms with Gasteiger partial charge >= 0.3 is 0 Å². The Morgan fingerprint density at radius 3 is 1.14 bits per heavy atom. The van der Waals surface area contributed by atoms with Crippen LogP contribution in [0.25, 0.3) is 0 Å². The lowest BCUT2D eigenvalue weighted by atomic mass is 9.71. The molecular weight excluding hydrogens is 468 g/mol. The number of rotatable bonds is 2. The molecule has 0 saturated carbocycles. The minimum atomic E-state index is -1.90. The van der Waals surface area contributed by atoms with Gasteiger partial charge in [0.1, 0.15) is 11.1 Å². The molecule has 0 aliphatic carbocycles. The third-order valence-corrected chi connectivity index (χ3v) is 6.51. The van der Waals surface area contributed by atoms with E-state index >= 15 is 0 Å². The summed E-state index contributed by atoms with van der Waals surface area (Å²) in [6, 6.07) is 23.9. The van der Waals surface area contributed by atoms with Crippen LogP contribution in [0.4, 0.5) is 11.4 Å². The van der Waals surface area contributed by atoms with E-state index in [9.17, 15) is 19.2 Å². The molecule has 4 amide bonds. The quantitative estimate of drug-likeness (QED) is 0.406. The molecule has 1 aliphatic heterocycles. The number of hydrogen-bond acceptors (Lipinski definition) is 4. The lowest BCUT2D eigenvalue weighted by Crippen LogP contribution is -2.65. The van der Waals surface area contributed by atoms with Crippen LogP contribution >= 0.6 is 0 Å². The predicted octanol–water partition coefficient (Wildman–Crippen LogP) is 3.35. The Hall–Kier alpha value is -4.46. The fraction of sp³-hybridized carbons (Fsp3) is 0.241. The van der Waals surface area contributed by atoms with E-state index in [1.54, 1.807) is 113 Å². The molecular formula is C29H30N4O4. The highest BCUT2D eigenvalue weighted by molar-refractivity contribution is 6.17. The van der Waals surface area contributed by atoms with Crippen LogP contribution in [0.3, 0.4) is 0 Å². The Kier molecular flexibility index (Phi) is 6.61. The molecule has 1 aliphatic rings. The van der Waals surface area contributed by atoms with Crippen LogP contribution in [0.5, 0.6) is 0 Å². The number of para-hydroxylation sites is 2. The maximum absolute atomic E-state index is 14.3. The first-order chi connectivity index (χ1) is 17.5. The van der Waals surface area contributed by atoms with E-state index in [1.165, 1.54) is 0 Å². The van der Waals surface area contributed by atoms with Gasteiger partial charge in [-0.2, -0.15) is 0 Å². The molecule has 0 fully saturated rings. The van der Waals surface area contributed by atoms with E-state index in [0.29, 0.717) is 22.5 Å². The number of fused-ring (bicyclic) bond motifs is 1. The second kappa shape index (κ2) is 9.54. The molecule has 0 spiro atoms. The molecule has 4 rings (SSSR count). The Morgan fingerprint density at radius 1 is 0.459 bits per heavy atom. The number of carbonyl (C=O) groups excluding carboxylic acids is 4.